The van der Waals surface area contributed by atoms with Crippen LogP contribution in [0.3, 0.4) is 0 Å². The molecule has 0 spiro atoms. The number of nitrogens with two attached hydrogens (primary N) is 1. The molecule has 0 radical (unpaired) electrons. The largest absolute Gasteiger partial charge is 0.370 e. The molecule has 1 aliphatic heterocycles. The number of rotatable bonds is 7. The van der Waals surface area contributed by atoms with E-state index in [9.17, 15) is 4.79 Å². The lowest BCUT2D eigenvalue weighted by Gasteiger charge is -2.33. The highest BCUT2D eigenvalue weighted by Gasteiger charge is 2.24. The summed E-state index contributed by atoms with van der Waals surface area (Å²) in [6, 6.07) is 10.1. The third kappa shape index (κ3) is 5.14. The highest BCUT2D eigenvalue weighted by molar-refractivity contribution is 5.76. The number of benzene rings is 1. The van der Waals surface area contributed by atoms with Gasteiger partial charge in [0.2, 0.25) is 5.91 Å². The van der Waals surface area contributed by atoms with Crippen molar-refractivity contribution in [1.82, 2.24) is 4.90 Å². The lowest BCUT2D eigenvalue weighted by molar-refractivity contribution is -0.139. The molecule has 21 heavy (non-hydrogen) atoms. The summed E-state index contributed by atoms with van der Waals surface area (Å²) in [6.45, 7) is 2.76. The predicted octanol–water partition coefficient (Wildman–Crippen LogP) is 2.50. The summed E-state index contributed by atoms with van der Waals surface area (Å²) < 4.78 is 5.79. The SMILES string of the molecule is NCCCCCCC(=O)N1CCOC(c2ccccc2)C1. The van der Waals surface area contributed by atoms with Crippen LogP contribution in [0.2, 0.25) is 0 Å². The zero-order valence-electron chi connectivity index (χ0n) is 12.7. The maximum Gasteiger partial charge on any atom is 0.222 e. The lowest BCUT2D eigenvalue weighted by atomic mass is 10.1. The van der Waals surface area contributed by atoms with Gasteiger partial charge in [0.15, 0.2) is 0 Å². The van der Waals surface area contributed by atoms with E-state index in [4.69, 9.17) is 10.5 Å². The second-order valence-corrected chi connectivity index (χ2v) is 5.56. The van der Waals surface area contributed by atoms with Crippen LogP contribution in [0.4, 0.5) is 0 Å². The first-order chi connectivity index (χ1) is 10.3. The van der Waals surface area contributed by atoms with E-state index < -0.39 is 0 Å². The van der Waals surface area contributed by atoms with Crippen LogP contribution in [0.1, 0.15) is 43.8 Å². The summed E-state index contributed by atoms with van der Waals surface area (Å²) in [7, 11) is 0. The Balaban J connectivity index is 1.76. The second-order valence-electron chi connectivity index (χ2n) is 5.56. The van der Waals surface area contributed by atoms with Crippen molar-refractivity contribution in [3.05, 3.63) is 35.9 Å². The van der Waals surface area contributed by atoms with Crippen LogP contribution in [0.5, 0.6) is 0 Å². The van der Waals surface area contributed by atoms with Crippen molar-refractivity contribution in [1.29, 1.82) is 0 Å². The molecule has 1 fully saturated rings. The van der Waals surface area contributed by atoms with Crippen LogP contribution >= 0.6 is 0 Å². The fourth-order valence-corrected chi connectivity index (χ4v) is 2.68. The molecular formula is C17H26N2O2. The minimum atomic E-state index is 0.0149. The van der Waals surface area contributed by atoms with Crippen molar-refractivity contribution < 1.29 is 9.53 Å². The van der Waals surface area contributed by atoms with Crippen molar-refractivity contribution in [2.45, 2.75) is 38.2 Å². The molecule has 2 rings (SSSR count). The molecule has 0 aliphatic carbocycles. The average molecular weight is 290 g/mol. The Bertz CT molecular complexity index is 422. The highest BCUT2D eigenvalue weighted by atomic mass is 16.5. The van der Waals surface area contributed by atoms with Gasteiger partial charge in [0.25, 0.3) is 0 Å². The number of hydrogen-bond acceptors (Lipinski definition) is 3. The topological polar surface area (TPSA) is 55.6 Å². The minimum Gasteiger partial charge on any atom is -0.370 e. The standard InChI is InChI=1S/C17H26N2O2/c18-11-7-2-1-6-10-17(20)19-12-13-21-16(14-19)15-8-4-3-5-9-15/h3-5,8-9,16H,1-2,6-7,10-14,18H2. The molecular weight excluding hydrogens is 264 g/mol. The fourth-order valence-electron chi connectivity index (χ4n) is 2.68. The van der Waals surface area contributed by atoms with Gasteiger partial charge in [-0.1, -0.05) is 43.2 Å². The lowest BCUT2D eigenvalue weighted by Crippen LogP contribution is -2.42. The number of unbranched alkanes of at least 4 members (excludes halogenated alkanes) is 3. The molecule has 1 atom stereocenters. The molecule has 0 aromatic heterocycles. The fraction of sp³-hybridized carbons (Fsp3) is 0.588. The summed E-state index contributed by atoms with van der Waals surface area (Å²) in [6.07, 6.45) is 4.90. The Labute approximate surface area is 127 Å². The Morgan fingerprint density at radius 1 is 1.19 bits per heavy atom. The first-order valence-corrected chi connectivity index (χ1v) is 7.95. The first-order valence-electron chi connectivity index (χ1n) is 7.95. The molecule has 1 aromatic carbocycles. The third-order valence-corrected chi connectivity index (χ3v) is 3.94. The van der Waals surface area contributed by atoms with Crippen molar-refractivity contribution in [3.8, 4) is 0 Å². The number of morpholine rings is 1. The number of ether oxygens (including phenoxy) is 1. The highest BCUT2D eigenvalue weighted by Crippen LogP contribution is 2.22. The molecule has 1 aliphatic rings. The van der Waals surface area contributed by atoms with Crippen molar-refractivity contribution in [2.24, 2.45) is 5.73 Å². The van der Waals surface area contributed by atoms with Gasteiger partial charge in [0.1, 0.15) is 6.10 Å². The molecule has 116 valence electrons. The van der Waals surface area contributed by atoms with Crippen molar-refractivity contribution in [3.63, 3.8) is 0 Å². The summed E-state index contributed by atoms with van der Waals surface area (Å²) in [5.41, 5.74) is 6.62. The van der Waals surface area contributed by atoms with Crippen LogP contribution in [-0.4, -0.2) is 37.0 Å². The summed E-state index contributed by atoms with van der Waals surface area (Å²) in [5.74, 6) is 0.256. The van der Waals surface area contributed by atoms with Crippen LogP contribution in [-0.2, 0) is 9.53 Å². The maximum atomic E-state index is 12.3. The number of carbonyl (C=O) groups is 1. The molecule has 2 N–H and O–H groups in total. The van der Waals surface area contributed by atoms with E-state index in [1.807, 2.05) is 23.1 Å². The molecule has 0 saturated carbocycles. The van der Waals surface area contributed by atoms with Gasteiger partial charge in [0, 0.05) is 13.0 Å². The summed E-state index contributed by atoms with van der Waals surface area (Å²) in [5, 5.41) is 0. The monoisotopic (exact) mass is 290 g/mol. The van der Waals surface area contributed by atoms with E-state index in [0.717, 1.165) is 37.8 Å². The number of amides is 1. The van der Waals surface area contributed by atoms with Crippen LogP contribution < -0.4 is 5.73 Å². The molecule has 0 bridgehead atoms. The van der Waals surface area contributed by atoms with Gasteiger partial charge >= 0.3 is 0 Å². The third-order valence-electron chi connectivity index (χ3n) is 3.94. The van der Waals surface area contributed by atoms with Crippen LogP contribution in [0, 0.1) is 0 Å². The summed E-state index contributed by atoms with van der Waals surface area (Å²) in [4.78, 5) is 14.2. The minimum absolute atomic E-state index is 0.0149. The van der Waals surface area contributed by atoms with Gasteiger partial charge in [-0.2, -0.15) is 0 Å². The second kappa shape index (κ2) is 8.80. The molecule has 4 nitrogen and oxygen atoms in total. The van der Waals surface area contributed by atoms with E-state index in [1.54, 1.807) is 0 Å². The maximum absolute atomic E-state index is 12.3. The smallest absolute Gasteiger partial charge is 0.222 e. The van der Waals surface area contributed by atoms with Gasteiger partial charge in [-0.15, -0.1) is 0 Å². The van der Waals surface area contributed by atoms with Crippen LogP contribution in [0.15, 0.2) is 30.3 Å². The van der Waals surface area contributed by atoms with Gasteiger partial charge in [-0.3, -0.25) is 4.79 Å². The Hall–Kier alpha value is -1.39. The van der Waals surface area contributed by atoms with E-state index in [1.165, 1.54) is 0 Å². The predicted molar refractivity (Wildman–Crippen MR) is 83.9 cm³/mol. The van der Waals surface area contributed by atoms with E-state index >= 15 is 0 Å². The number of nitrogens with zero attached hydrogens (tertiary/aromatic N) is 1. The number of carbonyl (C=O) groups excluding carboxylic acids is 1. The zero-order valence-corrected chi connectivity index (χ0v) is 12.7. The quantitative estimate of drug-likeness (QED) is 0.785. The normalized spacial score (nSPS) is 18.7. The molecule has 1 amide bonds. The zero-order chi connectivity index (χ0) is 14.9. The van der Waals surface area contributed by atoms with Crippen molar-refractivity contribution >= 4 is 5.91 Å². The molecule has 1 saturated heterocycles. The Kier molecular flexibility index (Phi) is 6.70. The Morgan fingerprint density at radius 2 is 1.95 bits per heavy atom. The Morgan fingerprint density at radius 3 is 2.71 bits per heavy atom. The van der Waals surface area contributed by atoms with E-state index in [-0.39, 0.29) is 12.0 Å². The van der Waals surface area contributed by atoms with E-state index in [2.05, 4.69) is 12.1 Å². The molecule has 1 heterocycles. The molecule has 1 unspecified atom stereocenters. The average Bonchev–Trinajstić information content (AvgIpc) is 2.55. The number of hydrogen-bond donors (Lipinski definition) is 1. The van der Waals surface area contributed by atoms with Gasteiger partial charge in [-0.05, 0) is 24.9 Å². The van der Waals surface area contributed by atoms with Crippen LogP contribution in [0.25, 0.3) is 0 Å². The van der Waals surface area contributed by atoms with Gasteiger partial charge < -0.3 is 15.4 Å². The molecule has 1 aromatic rings. The summed E-state index contributed by atoms with van der Waals surface area (Å²) >= 11 is 0. The van der Waals surface area contributed by atoms with E-state index in [0.29, 0.717) is 26.1 Å². The first kappa shape index (κ1) is 16.0. The van der Waals surface area contributed by atoms with Gasteiger partial charge in [-0.25, -0.2) is 0 Å². The molecule has 4 heteroatoms. The van der Waals surface area contributed by atoms with Gasteiger partial charge in [0.05, 0.1) is 13.2 Å². The van der Waals surface area contributed by atoms with Crippen molar-refractivity contribution in [2.75, 3.05) is 26.2 Å².